The van der Waals surface area contributed by atoms with Crippen molar-refractivity contribution in [1.82, 2.24) is 0 Å². The molecule has 0 heterocycles. The predicted octanol–water partition coefficient (Wildman–Crippen LogP) is 4.66. The monoisotopic (exact) mass is 250 g/mol. The molecule has 0 spiro atoms. The van der Waals surface area contributed by atoms with Crippen molar-refractivity contribution < 1.29 is 4.79 Å². The average Bonchev–Trinajstić information content (AvgIpc) is 2.34. The van der Waals surface area contributed by atoms with Gasteiger partial charge in [-0.3, -0.25) is 4.79 Å². The third-order valence-corrected chi connectivity index (χ3v) is 3.29. The van der Waals surface area contributed by atoms with E-state index in [2.05, 4.69) is 19.6 Å². The van der Waals surface area contributed by atoms with Crippen molar-refractivity contribution in [3.05, 3.63) is 35.4 Å². The fourth-order valence-corrected chi connectivity index (χ4v) is 2.26. The molecule has 17 heavy (non-hydrogen) atoms. The Morgan fingerprint density at radius 2 is 1.71 bits per heavy atom. The number of unbranched alkanes of at least 4 members (excludes halogenated alkanes) is 5. The summed E-state index contributed by atoms with van der Waals surface area (Å²) in [5.74, 6) is 0. The van der Waals surface area contributed by atoms with E-state index in [4.69, 9.17) is 0 Å². The van der Waals surface area contributed by atoms with Gasteiger partial charge < -0.3 is 0 Å². The number of hydrogen-bond donors (Lipinski definition) is 1. The molecule has 0 aliphatic rings. The molecular formula is C15H22OS. The summed E-state index contributed by atoms with van der Waals surface area (Å²) in [6, 6.07) is 7.79. The molecule has 0 radical (unpaired) electrons. The number of carbonyl (C=O) groups excluding carboxylic acids is 1. The van der Waals surface area contributed by atoms with E-state index in [0.717, 1.165) is 17.5 Å². The minimum absolute atomic E-state index is 0.119. The Labute approximate surface area is 110 Å². The summed E-state index contributed by atoms with van der Waals surface area (Å²) in [6.45, 7) is 2.23. The maximum atomic E-state index is 11.3. The normalized spacial score (nSPS) is 10.5. The van der Waals surface area contributed by atoms with Crippen LogP contribution in [0.3, 0.4) is 0 Å². The van der Waals surface area contributed by atoms with Crippen LogP contribution < -0.4 is 0 Å². The summed E-state index contributed by atoms with van der Waals surface area (Å²) < 4.78 is 0. The molecule has 0 unspecified atom stereocenters. The van der Waals surface area contributed by atoms with Crippen LogP contribution in [0.15, 0.2) is 24.3 Å². The summed E-state index contributed by atoms with van der Waals surface area (Å²) in [6.07, 6.45) is 8.70. The number of aryl methyl sites for hydroxylation is 1. The van der Waals surface area contributed by atoms with Gasteiger partial charge in [-0.1, -0.05) is 63.3 Å². The van der Waals surface area contributed by atoms with Crippen molar-refractivity contribution in [2.75, 3.05) is 0 Å². The first-order valence-corrected chi connectivity index (χ1v) is 7.01. The fraction of sp³-hybridized carbons (Fsp3) is 0.533. The number of rotatable bonds is 8. The maximum Gasteiger partial charge on any atom is 0.216 e. The highest BCUT2D eigenvalue weighted by atomic mass is 32.1. The van der Waals surface area contributed by atoms with Crippen molar-refractivity contribution in [2.45, 2.75) is 51.9 Å². The first-order chi connectivity index (χ1) is 8.25. The van der Waals surface area contributed by atoms with Gasteiger partial charge in [0.2, 0.25) is 5.12 Å². The molecular weight excluding hydrogens is 228 g/mol. The Bertz CT molecular complexity index is 347. The highest BCUT2D eigenvalue weighted by Gasteiger charge is 2.06. The third kappa shape index (κ3) is 5.40. The Morgan fingerprint density at radius 1 is 1.06 bits per heavy atom. The van der Waals surface area contributed by atoms with E-state index in [1.54, 1.807) is 0 Å². The van der Waals surface area contributed by atoms with Crippen LogP contribution in [0.2, 0.25) is 0 Å². The predicted molar refractivity (Wildman–Crippen MR) is 76.8 cm³/mol. The van der Waals surface area contributed by atoms with Crippen molar-refractivity contribution in [1.29, 1.82) is 0 Å². The van der Waals surface area contributed by atoms with Crippen molar-refractivity contribution >= 4 is 17.7 Å². The summed E-state index contributed by atoms with van der Waals surface area (Å²) in [5.41, 5.74) is 1.91. The van der Waals surface area contributed by atoms with Gasteiger partial charge >= 0.3 is 0 Å². The van der Waals surface area contributed by atoms with E-state index in [1.165, 1.54) is 38.5 Å². The number of thiol groups is 1. The lowest BCUT2D eigenvalue weighted by Crippen LogP contribution is -1.97. The van der Waals surface area contributed by atoms with Gasteiger partial charge in [-0.2, -0.15) is 0 Å². The van der Waals surface area contributed by atoms with E-state index in [1.807, 2.05) is 24.3 Å². The first-order valence-electron chi connectivity index (χ1n) is 6.57. The number of hydrogen-bond acceptors (Lipinski definition) is 1. The van der Waals surface area contributed by atoms with Gasteiger partial charge in [-0.15, -0.1) is 12.6 Å². The summed E-state index contributed by atoms with van der Waals surface area (Å²) in [7, 11) is 0. The van der Waals surface area contributed by atoms with Gasteiger partial charge in [0, 0.05) is 5.56 Å². The molecule has 2 heteroatoms. The number of benzene rings is 1. The largest absolute Gasteiger partial charge is 0.282 e. The second-order valence-corrected chi connectivity index (χ2v) is 4.89. The van der Waals surface area contributed by atoms with E-state index < -0.39 is 0 Å². The highest BCUT2D eigenvalue weighted by molar-refractivity contribution is 7.97. The van der Waals surface area contributed by atoms with Crippen LogP contribution in [-0.4, -0.2) is 5.12 Å². The second-order valence-electron chi connectivity index (χ2n) is 4.48. The Hall–Kier alpha value is -0.760. The van der Waals surface area contributed by atoms with E-state index >= 15 is 0 Å². The van der Waals surface area contributed by atoms with E-state index in [9.17, 15) is 4.79 Å². The summed E-state index contributed by atoms with van der Waals surface area (Å²) >= 11 is 3.91. The minimum atomic E-state index is -0.119. The van der Waals surface area contributed by atoms with Crippen LogP contribution in [0, 0.1) is 0 Å². The van der Waals surface area contributed by atoms with Gasteiger partial charge in [0.05, 0.1) is 0 Å². The average molecular weight is 250 g/mol. The zero-order valence-corrected chi connectivity index (χ0v) is 11.5. The SMILES string of the molecule is CCCCCCCCc1ccccc1C(=O)S. The molecule has 1 aromatic carbocycles. The van der Waals surface area contributed by atoms with Crippen LogP contribution in [-0.2, 0) is 6.42 Å². The Balaban J connectivity index is 2.34. The smallest absolute Gasteiger partial charge is 0.216 e. The van der Waals surface area contributed by atoms with Gasteiger partial charge in [-0.05, 0) is 18.4 Å². The van der Waals surface area contributed by atoms with Crippen LogP contribution >= 0.6 is 12.6 Å². The molecule has 0 saturated heterocycles. The molecule has 94 valence electrons. The lowest BCUT2D eigenvalue weighted by Gasteiger charge is -2.06. The zero-order valence-electron chi connectivity index (χ0n) is 10.6. The second kappa shape index (κ2) is 8.35. The molecule has 0 bridgehead atoms. The molecule has 1 aromatic rings. The molecule has 0 N–H and O–H groups in total. The lowest BCUT2D eigenvalue weighted by atomic mass is 10.0. The maximum absolute atomic E-state index is 11.3. The molecule has 0 aliphatic carbocycles. The third-order valence-electron chi connectivity index (χ3n) is 3.05. The van der Waals surface area contributed by atoms with Crippen LogP contribution in [0.5, 0.6) is 0 Å². The van der Waals surface area contributed by atoms with Gasteiger partial charge in [0.25, 0.3) is 0 Å². The lowest BCUT2D eigenvalue weighted by molar-refractivity contribution is 0.109. The van der Waals surface area contributed by atoms with Crippen molar-refractivity contribution in [2.24, 2.45) is 0 Å². The van der Waals surface area contributed by atoms with E-state index in [-0.39, 0.29) is 5.12 Å². The minimum Gasteiger partial charge on any atom is -0.282 e. The van der Waals surface area contributed by atoms with Crippen molar-refractivity contribution in [3.63, 3.8) is 0 Å². The summed E-state index contributed by atoms with van der Waals surface area (Å²) in [4.78, 5) is 11.3. The van der Waals surface area contributed by atoms with Crippen LogP contribution in [0.4, 0.5) is 0 Å². The van der Waals surface area contributed by atoms with Crippen molar-refractivity contribution in [3.8, 4) is 0 Å². The fourth-order valence-electron chi connectivity index (χ4n) is 2.04. The Morgan fingerprint density at radius 3 is 2.41 bits per heavy atom. The molecule has 0 fully saturated rings. The number of carbonyl (C=O) groups is 1. The standard InChI is InChI=1S/C15H22OS/c1-2-3-4-5-6-7-10-13-11-8-9-12-14(13)15(16)17/h8-9,11-12H,2-7,10H2,1H3,(H,16,17). The molecule has 0 aliphatic heterocycles. The topological polar surface area (TPSA) is 17.1 Å². The molecule has 1 rings (SSSR count). The summed E-state index contributed by atoms with van der Waals surface area (Å²) in [5, 5.41) is -0.119. The molecule has 0 atom stereocenters. The molecule has 1 nitrogen and oxygen atoms in total. The molecule has 0 saturated carbocycles. The van der Waals surface area contributed by atoms with Crippen LogP contribution in [0.1, 0.15) is 61.4 Å². The van der Waals surface area contributed by atoms with E-state index in [0.29, 0.717) is 0 Å². The van der Waals surface area contributed by atoms with Gasteiger partial charge in [0.15, 0.2) is 0 Å². The molecule has 0 aromatic heterocycles. The first kappa shape index (κ1) is 14.3. The molecule has 0 amide bonds. The quantitative estimate of drug-likeness (QED) is 0.524. The zero-order chi connectivity index (χ0) is 12.5. The Kier molecular flexibility index (Phi) is 7.02. The highest BCUT2D eigenvalue weighted by Crippen LogP contribution is 2.15. The van der Waals surface area contributed by atoms with Gasteiger partial charge in [-0.25, -0.2) is 0 Å². The van der Waals surface area contributed by atoms with Gasteiger partial charge in [0.1, 0.15) is 0 Å². The van der Waals surface area contributed by atoms with Crippen LogP contribution in [0.25, 0.3) is 0 Å².